The van der Waals surface area contributed by atoms with E-state index in [0.29, 0.717) is 18.1 Å². The quantitative estimate of drug-likeness (QED) is 0.910. The molecule has 1 heterocycles. The number of nitrogens with one attached hydrogen (secondary N) is 1. The second kappa shape index (κ2) is 5.91. The lowest BCUT2D eigenvalue weighted by atomic mass is 10.0. The van der Waals surface area contributed by atoms with Gasteiger partial charge in [-0.2, -0.15) is 0 Å². The lowest BCUT2D eigenvalue weighted by Gasteiger charge is -2.20. The van der Waals surface area contributed by atoms with Crippen LogP contribution < -0.4 is 4.72 Å². The normalized spacial score (nSPS) is 21.5. The van der Waals surface area contributed by atoms with E-state index in [4.69, 9.17) is 4.74 Å². The zero-order valence-corrected chi connectivity index (χ0v) is 13.4. The van der Waals surface area contributed by atoms with Crippen LogP contribution in [0.5, 0.6) is 0 Å². The van der Waals surface area contributed by atoms with Crippen LogP contribution in [0.25, 0.3) is 0 Å². The minimum absolute atomic E-state index is 0.115. The average molecular weight is 348 g/mol. The van der Waals surface area contributed by atoms with E-state index in [1.807, 2.05) is 6.92 Å². The summed E-state index contributed by atoms with van der Waals surface area (Å²) in [6, 6.07) is 5.05. The number of halogens is 1. The highest BCUT2D eigenvalue weighted by molar-refractivity contribution is 9.10. The highest BCUT2D eigenvalue weighted by Crippen LogP contribution is 2.22. The first-order valence-corrected chi connectivity index (χ1v) is 8.54. The average Bonchev–Trinajstić information content (AvgIpc) is 2.80. The van der Waals surface area contributed by atoms with E-state index >= 15 is 0 Å². The topological polar surface area (TPSA) is 55.4 Å². The number of benzene rings is 1. The van der Waals surface area contributed by atoms with Crippen LogP contribution in [0.4, 0.5) is 0 Å². The van der Waals surface area contributed by atoms with E-state index in [2.05, 4.69) is 20.7 Å². The van der Waals surface area contributed by atoms with Gasteiger partial charge in [-0.15, -0.1) is 0 Å². The Hall–Kier alpha value is -0.430. The van der Waals surface area contributed by atoms with Gasteiger partial charge in [0.15, 0.2) is 0 Å². The van der Waals surface area contributed by atoms with Gasteiger partial charge in [0.1, 0.15) is 0 Å². The molecule has 106 valence electrons. The molecule has 0 amide bonds. The molecule has 1 aromatic carbocycles. The van der Waals surface area contributed by atoms with E-state index in [1.165, 1.54) is 0 Å². The Balaban J connectivity index is 2.17. The van der Waals surface area contributed by atoms with Gasteiger partial charge in [0.2, 0.25) is 10.0 Å². The fourth-order valence-electron chi connectivity index (χ4n) is 2.27. The van der Waals surface area contributed by atoms with Gasteiger partial charge >= 0.3 is 0 Å². The van der Waals surface area contributed by atoms with E-state index in [0.717, 1.165) is 16.5 Å². The second-order valence-electron chi connectivity index (χ2n) is 4.94. The summed E-state index contributed by atoms with van der Waals surface area (Å²) in [6.07, 6.45) is 0.906. The van der Waals surface area contributed by atoms with Crippen molar-refractivity contribution in [1.29, 1.82) is 0 Å². The predicted octanol–water partition coefficient (Wildman–Crippen LogP) is 2.46. The summed E-state index contributed by atoms with van der Waals surface area (Å²) in [5.74, 6) is 0.255. The molecule has 19 heavy (non-hydrogen) atoms. The minimum atomic E-state index is -3.47. The highest BCUT2D eigenvalue weighted by Gasteiger charge is 2.27. The summed E-state index contributed by atoms with van der Waals surface area (Å²) in [7, 11) is -3.47. The third-order valence-corrected chi connectivity index (χ3v) is 5.65. The van der Waals surface area contributed by atoms with Crippen molar-refractivity contribution < 1.29 is 13.2 Å². The minimum Gasteiger partial charge on any atom is -0.381 e. The van der Waals surface area contributed by atoms with Crippen LogP contribution in [0, 0.1) is 12.8 Å². The molecule has 2 rings (SSSR count). The predicted molar refractivity (Wildman–Crippen MR) is 77.6 cm³/mol. The van der Waals surface area contributed by atoms with Crippen molar-refractivity contribution in [3.8, 4) is 0 Å². The van der Waals surface area contributed by atoms with Crippen molar-refractivity contribution in [3.63, 3.8) is 0 Å². The van der Waals surface area contributed by atoms with Crippen molar-refractivity contribution in [2.45, 2.75) is 31.2 Å². The third-order valence-electron chi connectivity index (χ3n) is 3.44. The molecule has 1 fully saturated rings. The molecule has 0 unspecified atom stereocenters. The van der Waals surface area contributed by atoms with Crippen LogP contribution >= 0.6 is 15.9 Å². The van der Waals surface area contributed by atoms with E-state index < -0.39 is 10.0 Å². The largest absolute Gasteiger partial charge is 0.381 e. The van der Waals surface area contributed by atoms with Crippen molar-refractivity contribution >= 4 is 26.0 Å². The summed E-state index contributed by atoms with van der Waals surface area (Å²) in [4.78, 5) is 0.335. The molecule has 6 heteroatoms. The standard InChI is InChI=1S/C13H18BrNO3S/c1-9-7-12(14)3-4-13(9)19(16,17)15-10(2)11-5-6-18-8-11/h3-4,7,10-11,15H,5-6,8H2,1-2H3/t10-,11+/m0/s1. The van der Waals surface area contributed by atoms with Crippen LogP contribution in [-0.2, 0) is 14.8 Å². The Morgan fingerprint density at radius 2 is 2.21 bits per heavy atom. The monoisotopic (exact) mass is 347 g/mol. The number of hydrogen-bond donors (Lipinski definition) is 1. The van der Waals surface area contributed by atoms with E-state index in [-0.39, 0.29) is 12.0 Å². The first kappa shape index (κ1) is 15.0. The molecule has 4 nitrogen and oxygen atoms in total. The maximum atomic E-state index is 12.4. The summed E-state index contributed by atoms with van der Waals surface area (Å²) in [6.45, 7) is 5.03. The molecule has 0 aliphatic carbocycles. The Labute approximate surface area is 122 Å². The van der Waals surface area contributed by atoms with Gasteiger partial charge < -0.3 is 4.74 Å². The molecular weight excluding hydrogens is 330 g/mol. The molecular formula is C13H18BrNO3S. The number of sulfonamides is 1. The number of aryl methyl sites for hydroxylation is 1. The number of hydrogen-bond acceptors (Lipinski definition) is 3. The van der Waals surface area contributed by atoms with Gasteiger partial charge in [0, 0.05) is 23.0 Å². The van der Waals surface area contributed by atoms with Crippen molar-refractivity contribution in [2.75, 3.05) is 13.2 Å². The third kappa shape index (κ3) is 3.56. The smallest absolute Gasteiger partial charge is 0.241 e. The Kier molecular flexibility index (Phi) is 4.66. The lowest BCUT2D eigenvalue weighted by Crippen LogP contribution is -2.38. The molecule has 0 saturated carbocycles. The summed E-state index contributed by atoms with van der Waals surface area (Å²) < 4.78 is 33.7. The molecule has 0 spiro atoms. The molecule has 1 aromatic rings. The van der Waals surface area contributed by atoms with Crippen LogP contribution in [0.1, 0.15) is 18.9 Å². The van der Waals surface area contributed by atoms with Gasteiger partial charge in [-0.25, -0.2) is 13.1 Å². The van der Waals surface area contributed by atoms with Crippen molar-refractivity contribution in [2.24, 2.45) is 5.92 Å². The van der Waals surface area contributed by atoms with E-state index in [1.54, 1.807) is 25.1 Å². The highest BCUT2D eigenvalue weighted by atomic mass is 79.9. The van der Waals surface area contributed by atoms with Gasteiger partial charge in [-0.1, -0.05) is 15.9 Å². The zero-order chi connectivity index (χ0) is 14.0. The molecule has 1 aliphatic heterocycles. The van der Waals surface area contributed by atoms with Crippen LogP contribution in [-0.4, -0.2) is 27.7 Å². The molecule has 1 N–H and O–H groups in total. The summed E-state index contributed by atoms with van der Waals surface area (Å²) in [5, 5.41) is 0. The molecule has 0 radical (unpaired) electrons. The van der Waals surface area contributed by atoms with Crippen molar-refractivity contribution in [3.05, 3.63) is 28.2 Å². The lowest BCUT2D eigenvalue weighted by molar-refractivity contribution is 0.180. The molecule has 1 saturated heterocycles. The van der Waals surface area contributed by atoms with Crippen LogP contribution in [0.2, 0.25) is 0 Å². The number of rotatable bonds is 4. The van der Waals surface area contributed by atoms with Crippen LogP contribution in [0.15, 0.2) is 27.6 Å². The Bertz CT molecular complexity index is 553. The maximum Gasteiger partial charge on any atom is 0.241 e. The van der Waals surface area contributed by atoms with Crippen molar-refractivity contribution in [1.82, 2.24) is 4.72 Å². The summed E-state index contributed by atoms with van der Waals surface area (Å²) in [5.41, 5.74) is 0.733. The molecule has 2 atom stereocenters. The molecule has 0 aromatic heterocycles. The van der Waals surface area contributed by atoms with Gasteiger partial charge in [0.25, 0.3) is 0 Å². The first-order chi connectivity index (χ1) is 8.90. The first-order valence-electron chi connectivity index (χ1n) is 6.26. The summed E-state index contributed by atoms with van der Waals surface area (Å²) >= 11 is 3.34. The number of ether oxygens (including phenoxy) is 1. The SMILES string of the molecule is Cc1cc(Br)ccc1S(=O)(=O)N[C@@H](C)[C@@H]1CCOC1. The van der Waals surface area contributed by atoms with Crippen LogP contribution in [0.3, 0.4) is 0 Å². The Morgan fingerprint density at radius 3 is 2.79 bits per heavy atom. The Morgan fingerprint density at radius 1 is 1.47 bits per heavy atom. The fraction of sp³-hybridized carbons (Fsp3) is 0.538. The zero-order valence-electron chi connectivity index (χ0n) is 11.0. The van der Waals surface area contributed by atoms with Gasteiger partial charge in [-0.05, 0) is 44.0 Å². The van der Waals surface area contributed by atoms with Gasteiger partial charge in [0.05, 0.1) is 11.5 Å². The molecule has 0 bridgehead atoms. The second-order valence-corrected chi connectivity index (χ2v) is 7.54. The fourth-order valence-corrected chi connectivity index (χ4v) is 4.28. The van der Waals surface area contributed by atoms with Gasteiger partial charge in [-0.3, -0.25) is 0 Å². The van der Waals surface area contributed by atoms with E-state index in [9.17, 15) is 8.42 Å². The molecule has 1 aliphatic rings. The maximum absolute atomic E-state index is 12.4.